The molecule has 1 heterocycles. The number of aryl methyl sites for hydroxylation is 1. The number of thiocarbonyl (C=S) groups is 1. The van der Waals surface area contributed by atoms with Gasteiger partial charge >= 0.3 is 0 Å². The van der Waals surface area contributed by atoms with E-state index >= 15 is 0 Å². The van der Waals surface area contributed by atoms with Gasteiger partial charge in [-0.25, -0.2) is 4.98 Å². The van der Waals surface area contributed by atoms with Crippen LogP contribution in [0.2, 0.25) is 10.0 Å². The lowest BCUT2D eigenvalue weighted by Crippen LogP contribution is -2.29. The molecule has 0 saturated carbocycles. The predicted octanol–water partition coefficient (Wildman–Crippen LogP) is 3.57. The highest BCUT2D eigenvalue weighted by Crippen LogP contribution is 2.25. The molecule has 0 aliphatic rings. The van der Waals surface area contributed by atoms with Crippen LogP contribution in [0.1, 0.15) is 6.42 Å². The second kappa shape index (κ2) is 7.47. The summed E-state index contributed by atoms with van der Waals surface area (Å²) in [7, 11) is 0. The number of halogens is 2. The highest BCUT2D eigenvalue weighted by Gasteiger charge is 2.03. The van der Waals surface area contributed by atoms with Gasteiger partial charge in [0.05, 0.1) is 17.0 Å². The third kappa shape index (κ3) is 4.67. The second-order valence-corrected chi connectivity index (χ2v) is 5.41. The zero-order chi connectivity index (χ0) is 14.4. The molecule has 0 radical (unpaired) electrons. The number of hydrogen-bond acceptors (Lipinski definition) is 2. The summed E-state index contributed by atoms with van der Waals surface area (Å²) in [6.07, 6.45) is 6.44. The van der Waals surface area contributed by atoms with Gasteiger partial charge in [-0.05, 0) is 36.8 Å². The number of anilines is 1. The summed E-state index contributed by atoms with van der Waals surface area (Å²) in [5.74, 6) is 0. The summed E-state index contributed by atoms with van der Waals surface area (Å²) in [5, 5.41) is 7.87. The SMILES string of the molecule is S=C(NCCCn1ccnc1)Nc1cc(Cl)ccc1Cl. The van der Waals surface area contributed by atoms with Crippen molar-refractivity contribution in [3.63, 3.8) is 0 Å². The van der Waals surface area contributed by atoms with Crippen molar-refractivity contribution in [2.45, 2.75) is 13.0 Å². The molecule has 106 valence electrons. The summed E-state index contributed by atoms with van der Waals surface area (Å²) < 4.78 is 2.02. The molecule has 0 unspecified atom stereocenters. The largest absolute Gasteiger partial charge is 0.362 e. The Morgan fingerprint density at radius 1 is 1.35 bits per heavy atom. The first-order valence-corrected chi connectivity index (χ1v) is 7.27. The number of benzene rings is 1. The van der Waals surface area contributed by atoms with E-state index in [1.807, 2.05) is 10.8 Å². The fraction of sp³-hybridized carbons (Fsp3) is 0.231. The van der Waals surface area contributed by atoms with Crippen LogP contribution in [0.5, 0.6) is 0 Å². The topological polar surface area (TPSA) is 41.9 Å². The first-order valence-electron chi connectivity index (χ1n) is 6.11. The Kier molecular flexibility index (Phi) is 5.64. The summed E-state index contributed by atoms with van der Waals surface area (Å²) in [4.78, 5) is 3.99. The van der Waals surface area contributed by atoms with Crippen molar-refractivity contribution in [2.75, 3.05) is 11.9 Å². The van der Waals surface area contributed by atoms with E-state index < -0.39 is 0 Å². The zero-order valence-electron chi connectivity index (χ0n) is 10.6. The zero-order valence-corrected chi connectivity index (χ0v) is 13.0. The lowest BCUT2D eigenvalue weighted by molar-refractivity contribution is 0.632. The Hall–Kier alpha value is -1.30. The van der Waals surface area contributed by atoms with Gasteiger partial charge in [0, 0.05) is 30.5 Å². The Morgan fingerprint density at radius 3 is 2.95 bits per heavy atom. The molecule has 2 rings (SSSR count). The molecule has 2 N–H and O–H groups in total. The molecule has 0 saturated heterocycles. The number of rotatable bonds is 5. The smallest absolute Gasteiger partial charge is 0.170 e. The van der Waals surface area contributed by atoms with Crippen molar-refractivity contribution in [1.82, 2.24) is 14.9 Å². The molecular formula is C13H14Cl2N4S. The summed E-state index contributed by atoms with van der Waals surface area (Å²) in [5.41, 5.74) is 0.700. The monoisotopic (exact) mass is 328 g/mol. The average Bonchev–Trinajstić information content (AvgIpc) is 2.92. The summed E-state index contributed by atoms with van der Waals surface area (Å²) >= 11 is 17.2. The highest BCUT2D eigenvalue weighted by atomic mass is 35.5. The maximum atomic E-state index is 6.05. The molecule has 20 heavy (non-hydrogen) atoms. The molecule has 0 amide bonds. The first kappa shape index (κ1) is 15.1. The standard InChI is InChI=1S/C13H14Cl2N4S/c14-10-2-3-11(15)12(8-10)18-13(20)17-4-1-6-19-7-5-16-9-19/h2-3,5,7-9H,1,4,6H2,(H2,17,18,20). The van der Waals surface area contributed by atoms with E-state index in [-0.39, 0.29) is 0 Å². The van der Waals surface area contributed by atoms with E-state index in [0.29, 0.717) is 20.8 Å². The molecule has 0 aliphatic heterocycles. The molecule has 1 aromatic heterocycles. The predicted molar refractivity (Wildman–Crippen MR) is 87.5 cm³/mol. The summed E-state index contributed by atoms with van der Waals surface area (Å²) in [6, 6.07) is 5.20. The maximum absolute atomic E-state index is 6.05. The van der Waals surface area contributed by atoms with Crippen LogP contribution in [0, 0.1) is 0 Å². The van der Waals surface area contributed by atoms with Crippen molar-refractivity contribution in [2.24, 2.45) is 0 Å². The third-order valence-corrected chi connectivity index (χ3v) is 3.43. The number of hydrogen-bond donors (Lipinski definition) is 2. The lowest BCUT2D eigenvalue weighted by atomic mass is 10.3. The van der Waals surface area contributed by atoms with E-state index in [0.717, 1.165) is 19.5 Å². The minimum Gasteiger partial charge on any atom is -0.362 e. The minimum absolute atomic E-state index is 0.528. The second-order valence-electron chi connectivity index (χ2n) is 4.16. The highest BCUT2D eigenvalue weighted by molar-refractivity contribution is 7.80. The van der Waals surface area contributed by atoms with E-state index in [1.165, 1.54) is 0 Å². The molecule has 0 bridgehead atoms. The van der Waals surface area contributed by atoms with Gasteiger partial charge < -0.3 is 15.2 Å². The first-order chi connectivity index (χ1) is 9.65. The molecule has 1 aromatic carbocycles. The molecule has 0 fully saturated rings. The van der Waals surface area contributed by atoms with Crippen molar-refractivity contribution in [1.29, 1.82) is 0 Å². The molecule has 0 atom stereocenters. The van der Waals surface area contributed by atoms with Crippen molar-refractivity contribution in [3.05, 3.63) is 47.0 Å². The van der Waals surface area contributed by atoms with E-state index in [2.05, 4.69) is 15.6 Å². The number of imidazole rings is 1. The van der Waals surface area contributed by atoms with Crippen molar-refractivity contribution < 1.29 is 0 Å². The minimum atomic E-state index is 0.528. The Labute approximate surface area is 133 Å². The molecular weight excluding hydrogens is 315 g/mol. The molecule has 0 aliphatic carbocycles. The molecule has 2 aromatic rings. The normalized spacial score (nSPS) is 10.3. The quantitative estimate of drug-likeness (QED) is 0.650. The molecule has 0 spiro atoms. The van der Waals surface area contributed by atoms with Crippen molar-refractivity contribution in [3.8, 4) is 0 Å². The van der Waals surface area contributed by atoms with Gasteiger partial charge in [0.15, 0.2) is 5.11 Å². The number of aromatic nitrogens is 2. The molecule has 7 heteroatoms. The Balaban J connectivity index is 1.73. The van der Waals surface area contributed by atoms with Crippen LogP contribution in [-0.4, -0.2) is 21.2 Å². The maximum Gasteiger partial charge on any atom is 0.170 e. The fourth-order valence-electron chi connectivity index (χ4n) is 1.64. The van der Waals surface area contributed by atoms with Gasteiger partial charge in [0.25, 0.3) is 0 Å². The van der Waals surface area contributed by atoms with Crippen LogP contribution in [0.3, 0.4) is 0 Å². The molecule has 4 nitrogen and oxygen atoms in total. The van der Waals surface area contributed by atoms with Crippen LogP contribution in [0.25, 0.3) is 0 Å². The van der Waals surface area contributed by atoms with Crippen LogP contribution >= 0.6 is 35.4 Å². The van der Waals surface area contributed by atoms with Gasteiger partial charge in [0.2, 0.25) is 0 Å². The lowest BCUT2D eigenvalue weighted by Gasteiger charge is -2.12. The van der Waals surface area contributed by atoms with E-state index in [1.54, 1.807) is 30.7 Å². The third-order valence-electron chi connectivity index (χ3n) is 2.61. The van der Waals surface area contributed by atoms with Crippen LogP contribution in [0.15, 0.2) is 36.9 Å². The Morgan fingerprint density at radius 2 is 2.20 bits per heavy atom. The van der Waals surface area contributed by atoms with Crippen molar-refractivity contribution >= 4 is 46.2 Å². The number of nitrogens with zero attached hydrogens (tertiary/aromatic N) is 2. The van der Waals surface area contributed by atoms with Crippen LogP contribution < -0.4 is 10.6 Å². The van der Waals surface area contributed by atoms with Crippen LogP contribution in [0.4, 0.5) is 5.69 Å². The average molecular weight is 329 g/mol. The van der Waals surface area contributed by atoms with Gasteiger partial charge in [-0.3, -0.25) is 0 Å². The van der Waals surface area contributed by atoms with Gasteiger partial charge in [-0.2, -0.15) is 0 Å². The van der Waals surface area contributed by atoms with E-state index in [4.69, 9.17) is 35.4 Å². The van der Waals surface area contributed by atoms with Gasteiger partial charge in [-0.15, -0.1) is 0 Å². The van der Waals surface area contributed by atoms with Crippen LogP contribution in [-0.2, 0) is 6.54 Å². The van der Waals surface area contributed by atoms with E-state index in [9.17, 15) is 0 Å². The van der Waals surface area contributed by atoms with Gasteiger partial charge in [-0.1, -0.05) is 23.2 Å². The van der Waals surface area contributed by atoms with Gasteiger partial charge in [0.1, 0.15) is 0 Å². The number of nitrogens with one attached hydrogen (secondary N) is 2. The Bertz CT molecular complexity index is 572. The summed E-state index contributed by atoms with van der Waals surface area (Å²) in [6.45, 7) is 1.66. The fourth-order valence-corrected chi connectivity index (χ4v) is 2.19.